The zero-order chi connectivity index (χ0) is 22.5. The molecule has 0 unspecified atom stereocenters. The van der Waals surface area contributed by atoms with Gasteiger partial charge in [0.1, 0.15) is 17.0 Å². The van der Waals surface area contributed by atoms with Crippen molar-refractivity contribution in [2.75, 3.05) is 23.0 Å². The maximum absolute atomic E-state index is 10.0. The number of fused-ring (bicyclic) bond motifs is 1. The molecule has 6 nitrogen and oxygen atoms in total. The highest BCUT2D eigenvalue weighted by atomic mass is 16.3. The van der Waals surface area contributed by atoms with Crippen LogP contribution in [-0.2, 0) is 13.1 Å². The van der Waals surface area contributed by atoms with Gasteiger partial charge in [-0.3, -0.25) is 4.98 Å². The lowest BCUT2D eigenvalue weighted by Gasteiger charge is -2.15. The van der Waals surface area contributed by atoms with Crippen LogP contribution in [0.4, 0.5) is 17.1 Å². The third-order valence-electron chi connectivity index (χ3n) is 5.38. The molecule has 0 aliphatic heterocycles. The molecule has 162 valence electrons. The van der Waals surface area contributed by atoms with E-state index < -0.39 is 0 Å². The van der Waals surface area contributed by atoms with Gasteiger partial charge in [-0.1, -0.05) is 36.9 Å². The van der Waals surface area contributed by atoms with Gasteiger partial charge in [-0.05, 0) is 47.5 Å². The third kappa shape index (κ3) is 4.30. The fraction of sp³-hybridized carbons (Fsp3) is 0.115. The van der Waals surface area contributed by atoms with Crippen LogP contribution in [0.5, 0.6) is 11.5 Å². The van der Waals surface area contributed by atoms with Crippen LogP contribution in [0.15, 0.2) is 73.4 Å². The molecule has 0 aliphatic carbocycles. The summed E-state index contributed by atoms with van der Waals surface area (Å²) in [6.07, 6.45) is 3.40. The van der Waals surface area contributed by atoms with E-state index in [1.165, 1.54) is 0 Å². The van der Waals surface area contributed by atoms with Crippen molar-refractivity contribution in [2.24, 2.45) is 0 Å². The van der Waals surface area contributed by atoms with Gasteiger partial charge < -0.3 is 26.2 Å². The average Bonchev–Trinajstić information content (AvgIpc) is 2.83. The summed E-state index contributed by atoms with van der Waals surface area (Å²) >= 11 is 0. The molecule has 4 aromatic rings. The van der Waals surface area contributed by atoms with Gasteiger partial charge in [0.25, 0.3) is 0 Å². The first-order valence-electron chi connectivity index (χ1n) is 10.4. The number of rotatable bonds is 8. The fourth-order valence-corrected chi connectivity index (χ4v) is 3.79. The first kappa shape index (κ1) is 21.1. The highest BCUT2D eigenvalue weighted by Crippen LogP contribution is 2.34. The molecule has 1 heterocycles. The average molecular weight is 427 g/mol. The summed E-state index contributed by atoms with van der Waals surface area (Å²) in [7, 11) is 1.77. The lowest BCUT2D eigenvalue weighted by atomic mass is 10.1. The molecule has 0 bridgehead atoms. The number of phenolic OH excluding ortho intramolecular Hbond substituents is 2. The summed E-state index contributed by atoms with van der Waals surface area (Å²) in [5, 5.41) is 30.9. The monoisotopic (exact) mass is 426 g/mol. The Morgan fingerprint density at radius 2 is 1.56 bits per heavy atom. The van der Waals surface area contributed by atoms with Crippen LogP contribution in [0, 0.1) is 0 Å². The van der Waals surface area contributed by atoms with Crippen LogP contribution in [0.3, 0.4) is 0 Å². The van der Waals surface area contributed by atoms with Gasteiger partial charge >= 0.3 is 0 Å². The molecular weight excluding hydrogens is 400 g/mol. The van der Waals surface area contributed by atoms with E-state index >= 15 is 0 Å². The normalized spacial score (nSPS) is 10.7. The second kappa shape index (κ2) is 9.31. The van der Waals surface area contributed by atoms with Gasteiger partial charge in [0.05, 0.1) is 5.69 Å². The molecule has 0 atom stereocenters. The Balaban J connectivity index is 1.47. The minimum Gasteiger partial charge on any atom is -0.506 e. The minimum absolute atomic E-state index is 0.175. The van der Waals surface area contributed by atoms with Crippen LogP contribution in [-0.4, -0.2) is 22.2 Å². The molecule has 6 heteroatoms. The van der Waals surface area contributed by atoms with Gasteiger partial charge in [-0.25, -0.2) is 0 Å². The third-order valence-corrected chi connectivity index (χ3v) is 5.38. The van der Waals surface area contributed by atoms with Crippen molar-refractivity contribution in [1.29, 1.82) is 0 Å². The van der Waals surface area contributed by atoms with Crippen LogP contribution in [0.2, 0.25) is 0 Å². The number of benzene rings is 3. The highest BCUT2D eigenvalue weighted by Gasteiger charge is 2.10. The van der Waals surface area contributed by atoms with E-state index in [0.717, 1.165) is 33.5 Å². The Hall–Kier alpha value is -4.19. The maximum Gasteiger partial charge on any atom is 0.141 e. The molecule has 0 spiro atoms. The van der Waals surface area contributed by atoms with E-state index in [2.05, 4.69) is 45.7 Å². The zero-order valence-corrected chi connectivity index (χ0v) is 17.9. The summed E-state index contributed by atoms with van der Waals surface area (Å²) < 4.78 is 0. The summed E-state index contributed by atoms with van der Waals surface area (Å²) in [6.45, 7) is 5.15. The van der Waals surface area contributed by atoms with E-state index in [4.69, 9.17) is 0 Å². The van der Waals surface area contributed by atoms with Gasteiger partial charge in [0.15, 0.2) is 0 Å². The van der Waals surface area contributed by atoms with Crippen molar-refractivity contribution in [2.45, 2.75) is 13.1 Å². The number of pyridine rings is 1. The van der Waals surface area contributed by atoms with Crippen molar-refractivity contribution >= 4 is 34.0 Å². The predicted molar refractivity (Wildman–Crippen MR) is 132 cm³/mol. The van der Waals surface area contributed by atoms with E-state index in [9.17, 15) is 10.2 Å². The standard InChI is InChI=1S/C26H26N4O2/c1-3-19-21(9-11-23(31)25(19)27-2)29-15-17-6-4-7-18(14-17)16-30-22-10-12-24(32)26-20(22)8-5-13-28-26/h3-14,27,29-32H,1,15-16H2,2H3. The van der Waals surface area contributed by atoms with Crippen LogP contribution in [0.25, 0.3) is 17.0 Å². The summed E-state index contributed by atoms with van der Waals surface area (Å²) in [5.74, 6) is 0.367. The Morgan fingerprint density at radius 3 is 2.28 bits per heavy atom. The van der Waals surface area contributed by atoms with Crippen molar-refractivity contribution in [3.63, 3.8) is 0 Å². The number of hydrogen-bond donors (Lipinski definition) is 5. The van der Waals surface area contributed by atoms with Gasteiger partial charge in [0, 0.05) is 48.7 Å². The van der Waals surface area contributed by atoms with Gasteiger partial charge in [-0.15, -0.1) is 0 Å². The predicted octanol–water partition coefficient (Wildman–Crippen LogP) is 5.55. The second-order valence-electron chi connectivity index (χ2n) is 7.43. The molecule has 0 saturated heterocycles. The first-order valence-corrected chi connectivity index (χ1v) is 10.4. The van der Waals surface area contributed by atoms with Crippen molar-refractivity contribution in [3.8, 4) is 11.5 Å². The molecule has 0 saturated carbocycles. The summed E-state index contributed by atoms with van der Waals surface area (Å²) in [6, 6.07) is 19.2. The highest BCUT2D eigenvalue weighted by molar-refractivity contribution is 5.94. The molecular formula is C26H26N4O2. The molecule has 1 aromatic heterocycles. The Kier molecular flexibility index (Phi) is 6.12. The fourth-order valence-electron chi connectivity index (χ4n) is 3.79. The van der Waals surface area contributed by atoms with E-state index in [-0.39, 0.29) is 11.5 Å². The molecule has 0 fully saturated rings. The van der Waals surface area contributed by atoms with Crippen molar-refractivity contribution in [3.05, 3.63) is 90.1 Å². The van der Waals surface area contributed by atoms with Crippen LogP contribution in [0.1, 0.15) is 16.7 Å². The quantitative estimate of drug-likeness (QED) is 0.187. The first-order chi connectivity index (χ1) is 15.6. The lowest BCUT2D eigenvalue weighted by Crippen LogP contribution is -2.05. The van der Waals surface area contributed by atoms with Crippen LogP contribution < -0.4 is 16.0 Å². The number of aromatic nitrogens is 1. The Bertz CT molecular complexity index is 1270. The molecule has 0 radical (unpaired) electrons. The van der Waals surface area contributed by atoms with E-state index in [1.54, 1.807) is 31.5 Å². The number of phenols is 2. The molecule has 3 aromatic carbocycles. The number of nitrogens with one attached hydrogen (secondary N) is 3. The molecule has 32 heavy (non-hydrogen) atoms. The van der Waals surface area contributed by atoms with E-state index in [0.29, 0.717) is 24.3 Å². The second-order valence-corrected chi connectivity index (χ2v) is 7.43. The van der Waals surface area contributed by atoms with Gasteiger partial charge in [-0.2, -0.15) is 0 Å². The van der Waals surface area contributed by atoms with Crippen molar-refractivity contribution in [1.82, 2.24) is 4.98 Å². The number of anilines is 3. The van der Waals surface area contributed by atoms with E-state index in [1.807, 2.05) is 30.3 Å². The topological polar surface area (TPSA) is 89.4 Å². The summed E-state index contributed by atoms with van der Waals surface area (Å²) in [5.41, 5.74) is 6.16. The maximum atomic E-state index is 10.0. The number of nitrogens with zero attached hydrogens (tertiary/aromatic N) is 1. The SMILES string of the molecule is C=Cc1c(NCc2cccc(CNc3ccc(O)c4ncccc34)c2)ccc(O)c1NC. The lowest BCUT2D eigenvalue weighted by molar-refractivity contribution is 0.477. The smallest absolute Gasteiger partial charge is 0.141 e. The Morgan fingerprint density at radius 1 is 0.875 bits per heavy atom. The molecule has 4 rings (SSSR count). The summed E-state index contributed by atoms with van der Waals surface area (Å²) in [4.78, 5) is 4.27. The molecule has 0 aliphatic rings. The molecule has 0 amide bonds. The largest absolute Gasteiger partial charge is 0.506 e. The number of hydrogen-bond acceptors (Lipinski definition) is 6. The zero-order valence-electron chi connectivity index (χ0n) is 17.9. The van der Waals surface area contributed by atoms with Crippen LogP contribution >= 0.6 is 0 Å². The Labute approximate surface area is 187 Å². The van der Waals surface area contributed by atoms with Gasteiger partial charge in [0.2, 0.25) is 0 Å². The molecule has 5 N–H and O–H groups in total. The van der Waals surface area contributed by atoms with Crippen molar-refractivity contribution < 1.29 is 10.2 Å². The minimum atomic E-state index is 0.175. The number of aromatic hydroxyl groups is 2.